The Labute approximate surface area is 167 Å². The molecular formula is C19H19Cl2FN2O3. The molecule has 0 fully saturated rings. The summed E-state index contributed by atoms with van der Waals surface area (Å²) in [6.07, 6.45) is 0. The summed E-state index contributed by atoms with van der Waals surface area (Å²) in [6, 6.07) is 7.37. The second kappa shape index (κ2) is 8.23. The van der Waals surface area contributed by atoms with Crippen molar-refractivity contribution in [3.63, 3.8) is 0 Å². The highest BCUT2D eigenvalue weighted by atomic mass is 35.5. The summed E-state index contributed by atoms with van der Waals surface area (Å²) in [4.78, 5) is 14.3. The number of amides is 2. The second-order valence-electron chi connectivity index (χ2n) is 6.16. The highest BCUT2D eigenvalue weighted by Crippen LogP contribution is 2.33. The van der Waals surface area contributed by atoms with Crippen molar-refractivity contribution in [1.29, 1.82) is 0 Å². The maximum Gasteiger partial charge on any atom is 0.318 e. The molecule has 0 saturated heterocycles. The van der Waals surface area contributed by atoms with Crippen molar-refractivity contribution in [1.82, 2.24) is 10.2 Å². The van der Waals surface area contributed by atoms with Gasteiger partial charge in [0.15, 0.2) is 11.5 Å². The van der Waals surface area contributed by atoms with Crippen molar-refractivity contribution < 1.29 is 18.7 Å². The fourth-order valence-corrected chi connectivity index (χ4v) is 3.36. The SMILES string of the molecule is CCN(Cc1ccc2c(c1)OCO2)C(=O)NC(C)c1cc(F)c(Cl)cc1Cl. The minimum Gasteiger partial charge on any atom is -0.454 e. The fraction of sp³-hybridized carbons (Fsp3) is 0.316. The van der Waals surface area contributed by atoms with Gasteiger partial charge in [-0.2, -0.15) is 0 Å². The van der Waals surface area contributed by atoms with E-state index in [2.05, 4.69) is 5.32 Å². The highest BCUT2D eigenvalue weighted by Gasteiger charge is 2.20. The lowest BCUT2D eigenvalue weighted by Crippen LogP contribution is -2.40. The number of carbonyl (C=O) groups excluding carboxylic acids is 1. The van der Waals surface area contributed by atoms with Gasteiger partial charge in [0.1, 0.15) is 5.82 Å². The molecule has 3 rings (SSSR count). The molecule has 0 aromatic heterocycles. The first-order valence-corrected chi connectivity index (χ1v) is 9.23. The van der Waals surface area contributed by atoms with E-state index >= 15 is 0 Å². The van der Waals surface area contributed by atoms with Crippen LogP contribution >= 0.6 is 23.2 Å². The van der Waals surface area contributed by atoms with Gasteiger partial charge in [0, 0.05) is 18.1 Å². The number of nitrogens with zero attached hydrogens (tertiary/aromatic N) is 1. The first-order chi connectivity index (χ1) is 12.9. The number of benzene rings is 2. The van der Waals surface area contributed by atoms with Crippen LogP contribution in [-0.4, -0.2) is 24.3 Å². The topological polar surface area (TPSA) is 50.8 Å². The number of rotatable bonds is 5. The lowest BCUT2D eigenvalue weighted by Gasteiger charge is -2.25. The molecule has 0 saturated carbocycles. The molecule has 1 unspecified atom stereocenters. The van der Waals surface area contributed by atoms with Crippen molar-refractivity contribution in [3.05, 3.63) is 57.3 Å². The van der Waals surface area contributed by atoms with E-state index in [1.807, 2.05) is 25.1 Å². The van der Waals surface area contributed by atoms with E-state index in [-0.39, 0.29) is 17.8 Å². The van der Waals surface area contributed by atoms with E-state index in [1.54, 1.807) is 11.8 Å². The quantitative estimate of drug-likeness (QED) is 0.690. The minimum absolute atomic E-state index is 0.0553. The van der Waals surface area contributed by atoms with Crippen molar-refractivity contribution in [3.8, 4) is 11.5 Å². The van der Waals surface area contributed by atoms with Crippen LogP contribution in [0.25, 0.3) is 0 Å². The molecule has 2 aromatic rings. The highest BCUT2D eigenvalue weighted by molar-refractivity contribution is 6.35. The monoisotopic (exact) mass is 412 g/mol. The summed E-state index contributed by atoms with van der Waals surface area (Å²) in [5.41, 5.74) is 1.38. The predicted octanol–water partition coefficient (Wildman–Crippen LogP) is 5.15. The van der Waals surface area contributed by atoms with Gasteiger partial charge in [0.25, 0.3) is 0 Å². The Morgan fingerprint density at radius 2 is 1.96 bits per heavy atom. The van der Waals surface area contributed by atoms with E-state index in [0.717, 1.165) is 5.56 Å². The van der Waals surface area contributed by atoms with Crippen LogP contribution < -0.4 is 14.8 Å². The van der Waals surface area contributed by atoms with Crippen LogP contribution in [0.15, 0.2) is 30.3 Å². The van der Waals surface area contributed by atoms with Gasteiger partial charge in [0.05, 0.1) is 11.1 Å². The van der Waals surface area contributed by atoms with Crippen LogP contribution in [0.1, 0.15) is 31.0 Å². The average Bonchev–Trinajstić information content (AvgIpc) is 3.10. The van der Waals surface area contributed by atoms with Crippen LogP contribution in [0.3, 0.4) is 0 Å². The predicted molar refractivity (Wildman–Crippen MR) is 102 cm³/mol. The number of carbonyl (C=O) groups is 1. The molecule has 1 atom stereocenters. The number of fused-ring (bicyclic) bond motifs is 1. The maximum absolute atomic E-state index is 13.7. The van der Waals surface area contributed by atoms with Crippen molar-refractivity contribution >= 4 is 29.2 Å². The third kappa shape index (κ3) is 4.39. The van der Waals surface area contributed by atoms with Crippen LogP contribution in [0, 0.1) is 5.82 Å². The number of ether oxygens (including phenoxy) is 2. The van der Waals surface area contributed by atoms with Crippen LogP contribution in [0.5, 0.6) is 11.5 Å². The second-order valence-corrected chi connectivity index (χ2v) is 6.98. The molecule has 27 heavy (non-hydrogen) atoms. The van der Waals surface area contributed by atoms with Gasteiger partial charge in [-0.3, -0.25) is 0 Å². The van der Waals surface area contributed by atoms with Crippen LogP contribution in [0.4, 0.5) is 9.18 Å². The summed E-state index contributed by atoms with van der Waals surface area (Å²) in [6.45, 7) is 4.71. The van der Waals surface area contributed by atoms with Gasteiger partial charge in [-0.15, -0.1) is 0 Å². The molecule has 8 heteroatoms. The summed E-state index contributed by atoms with van der Waals surface area (Å²) in [5.74, 6) is 0.782. The van der Waals surface area contributed by atoms with E-state index < -0.39 is 11.9 Å². The Hall–Kier alpha value is -2.18. The maximum atomic E-state index is 13.7. The number of nitrogens with one attached hydrogen (secondary N) is 1. The zero-order valence-electron chi connectivity index (χ0n) is 14.9. The Balaban J connectivity index is 1.69. The molecule has 1 heterocycles. The van der Waals surface area contributed by atoms with Gasteiger partial charge in [0.2, 0.25) is 6.79 Å². The standard InChI is InChI=1S/C19H19Cl2FN2O3/c1-3-24(9-12-4-5-17-18(6-12)27-10-26-17)19(25)23-11(2)13-7-16(22)15(21)8-14(13)20/h4-8,11H,3,9-10H2,1-2H3,(H,23,25). The first-order valence-electron chi connectivity index (χ1n) is 8.47. The van der Waals surface area contributed by atoms with Crippen molar-refractivity contribution in [2.24, 2.45) is 0 Å². The molecule has 1 aliphatic rings. The van der Waals surface area contributed by atoms with E-state index in [4.69, 9.17) is 32.7 Å². The van der Waals surface area contributed by atoms with Gasteiger partial charge < -0.3 is 19.7 Å². The third-order valence-electron chi connectivity index (χ3n) is 4.33. The van der Waals surface area contributed by atoms with Crippen LogP contribution in [0.2, 0.25) is 10.0 Å². The smallest absolute Gasteiger partial charge is 0.318 e. The zero-order chi connectivity index (χ0) is 19.6. The van der Waals surface area contributed by atoms with Crippen molar-refractivity contribution in [2.75, 3.05) is 13.3 Å². The zero-order valence-corrected chi connectivity index (χ0v) is 16.4. The Morgan fingerprint density at radius 1 is 1.22 bits per heavy atom. The Bertz CT molecular complexity index is 863. The summed E-state index contributed by atoms with van der Waals surface area (Å²) >= 11 is 11.9. The number of hydrogen-bond acceptors (Lipinski definition) is 3. The van der Waals surface area contributed by atoms with E-state index in [9.17, 15) is 9.18 Å². The largest absolute Gasteiger partial charge is 0.454 e. The van der Waals surface area contributed by atoms with E-state index in [1.165, 1.54) is 12.1 Å². The fourth-order valence-electron chi connectivity index (χ4n) is 2.81. The molecule has 1 aliphatic heterocycles. The molecule has 0 radical (unpaired) electrons. The van der Waals surface area contributed by atoms with Crippen LogP contribution in [-0.2, 0) is 6.54 Å². The summed E-state index contributed by atoms with van der Waals surface area (Å²) in [5, 5.41) is 3.09. The lowest BCUT2D eigenvalue weighted by molar-refractivity contribution is 0.173. The molecule has 1 N–H and O–H groups in total. The first kappa shape index (κ1) is 19.6. The Morgan fingerprint density at radius 3 is 2.70 bits per heavy atom. The van der Waals surface area contributed by atoms with Crippen molar-refractivity contribution in [2.45, 2.75) is 26.4 Å². The molecular weight excluding hydrogens is 394 g/mol. The summed E-state index contributed by atoms with van der Waals surface area (Å²) < 4.78 is 24.4. The number of halogens is 3. The molecule has 2 aromatic carbocycles. The van der Waals surface area contributed by atoms with Gasteiger partial charge >= 0.3 is 6.03 Å². The van der Waals surface area contributed by atoms with Gasteiger partial charge in [-0.05, 0) is 49.2 Å². The normalized spacial score (nSPS) is 13.4. The number of urea groups is 1. The molecule has 0 spiro atoms. The van der Waals surface area contributed by atoms with E-state index in [0.29, 0.717) is 35.2 Å². The lowest BCUT2D eigenvalue weighted by atomic mass is 10.1. The summed E-state index contributed by atoms with van der Waals surface area (Å²) in [7, 11) is 0. The molecule has 144 valence electrons. The molecule has 5 nitrogen and oxygen atoms in total. The van der Waals surface area contributed by atoms with Gasteiger partial charge in [-0.25, -0.2) is 9.18 Å². The third-order valence-corrected chi connectivity index (χ3v) is 4.94. The average molecular weight is 413 g/mol. The Kier molecular flexibility index (Phi) is 5.97. The van der Waals surface area contributed by atoms with Gasteiger partial charge in [-0.1, -0.05) is 29.3 Å². The molecule has 2 amide bonds. The molecule has 0 bridgehead atoms. The minimum atomic E-state index is -0.579. The number of hydrogen-bond donors (Lipinski definition) is 1. The molecule has 0 aliphatic carbocycles.